The first-order valence-corrected chi connectivity index (χ1v) is 7.33. The molecule has 4 heteroatoms. The Morgan fingerprint density at radius 3 is 2.84 bits per heavy atom. The maximum absolute atomic E-state index is 6.07. The van der Waals surface area contributed by atoms with Crippen molar-refractivity contribution in [3.63, 3.8) is 0 Å². The third-order valence-electron chi connectivity index (χ3n) is 3.67. The van der Waals surface area contributed by atoms with E-state index in [-0.39, 0.29) is 0 Å². The Bertz CT molecular complexity index is 584. The lowest BCUT2D eigenvalue weighted by molar-refractivity contribution is 0.386. The molecule has 0 aliphatic heterocycles. The molecule has 102 valence electrons. The molecular formula is C15H20ClN3. The number of aromatic nitrogens is 2. The standard InChI is InChI=1S/C15H20ClN3/c1-18(2)8-3-9-19-14-7-6-12(16)10-13(14)17-15(19)11-4-5-11/h6-7,10-11H,3-5,8-9H2,1-2H3. The molecule has 0 N–H and O–H groups in total. The van der Waals surface area contributed by atoms with Crippen molar-refractivity contribution in [3.05, 3.63) is 29.0 Å². The van der Waals surface area contributed by atoms with E-state index in [2.05, 4.69) is 29.6 Å². The van der Waals surface area contributed by atoms with Gasteiger partial charge in [0.15, 0.2) is 0 Å². The lowest BCUT2D eigenvalue weighted by Gasteiger charge is -2.12. The van der Waals surface area contributed by atoms with Crippen molar-refractivity contribution in [2.75, 3.05) is 20.6 Å². The average Bonchev–Trinajstić information content (AvgIpc) is 3.13. The fourth-order valence-corrected chi connectivity index (χ4v) is 2.72. The summed E-state index contributed by atoms with van der Waals surface area (Å²) in [6, 6.07) is 6.04. The minimum absolute atomic E-state index is 0.672. The van der Waals surface area contributed by atoms with E-state index >= 15 is 0 Å². The van der Waals surface area contributed by atoms with Gasteiger partial charge in [0.2, 0.25) is 0 Å². The smallest absolute Gasteiger partial charge is 0.112 e. The van der Waals surface area contributed by atoms with Crippen LogP contribution in [-0.2, 0) is 6.54 Å². The average molecular weight is 278 g/mol. The largest absolute Gasteiger partial charge is 0.328 e. The zero-order valence-corrected chi connectivity index (χ0v) is 12.3. The minimum atomic E-state index is 0.672. The van der Waals surface area contributed by atoms with Crippen LogP contribution in [0.1, 0.15) is 31.0 Å². The summed E-state index contributed by atoms with van der Waals surface area (Å²) in [5, 5.41) is 0.771. The van der Waals surface area contributed by atoms with Gasteiger partial charge < -0.3 is 9.47 Å². The highest BCUT2D eigenvalue weighted by Gasteiger charge is 2.29. The second-order valence-electron chi connectivity index (χ2n) is 5.69. The fourth-order valence-electron chi connectivity index (χ4n) is 2.55. The Morgan fingerprint density at radius 1 is 1.37 bits per heavy atom. The Hall–Kier alpha value is -1.06. The van der Waals surface area contributed by atoms with Gasteiger partial charge in [-0.3, -0.25) is 0 Å². The van der Waals surface area contributed by atoms with E-state index in [4.69, 9.17) is 16.6 Å². The number of hydrogen-bond acceptors (Lipinski definition) is 2. The number of hydrogen-bond donors (Lipinski definition) is 0. The number of benzene rings is 1. The maximum Gasteiger partial charge on any atom is 0.112 e. The van der Waals surface area contributed by atoms with Crippen LogP contribution in [0.2, 0.25) is 5.02 Å². The van der Waals surface area contributed by atoms with Crippen LogP contribution in [0.3, 0.4) is 0 Å². The first-order valence-electron chi connectivity index (χ1n) is 6.95. The molecule has 1 heterocycles. The van der Waals surface area contributed by atoms with Gasteiger partial charge in [-0.05, 0) is 58.1 Å². The van der Waals surface area contributed by atoms with Gasteiger partial charge in [0, 0.05) is 17.5 Å². The summed E-state index contributed by atoms with van der Waals surface area (Å²) in [5.41, 5.74) is 2.27. The van der Waals surface area contributed by atoms with Crippen LogP contribution in [0.15, 0.2) is 18.2 Å². The molecule has 0 atom stereocenters. The zero-order chi connectivity index (χ0) is 13.4. The second kappa shape index (κ2) is 5.14. The van der Waals surface area contributed by atoms with Crippen LogP contribution in [0, 0.1) is 0 Å². The van der Waals surface area contributed by atoms with E-state index in [9.17, 15) is 0 Å². The molecule has 19 heavy (non-hydrogen) atoms. The second-order valence-corrected chi connectivity index (χ2v) is 6.12. The van der Waals surface area contributed by atoms with Gasteiger partial charge in [-0.1, -0.05) is 11.6 Å². The molecule has 0 unspecified atom stereocenters. The lowest BCUT2D eigenvalue weighted by Crippen LogP contribution is -2.15. The van der Waals surface area contributed by atoms with Crippen LogP contribution < -0.4 is 0 Å². The van der Waals surface area contributed by atoms with E-state index < -0.39 is 0 Å². The van der Waals surface area contributed by atoms with Crippen LogP contribution in [0.4, 0.5) is 0 Å². The molecule has 0 radical (unpaired) electrons. The fraction of sp³-hybridized carbons (Fsp3) is 0.533. The van der Waals surface area contributed by atoms with Crippen molar-refractivity contribution in [3.8, 4) is 0 Å². The summed E-state index contributed by atoms with van der Waals surface area (Å²) >= 11 is 6.07. The van der Waals surface area contributed by atoms with Crippen LogP contribution in [-0.4, -0.2) is 35.1 Å². The third kappa shape index (κ3) is 2.77. The van der Waals surface area contributed by atoms with Crippen LogP contribution in [0.25, 0.3) is 11.0 Å². The van der Waals surface area contributed by atoms with Crippen molar-refractivity contribution in [1.82, 2.24) is 14.5 Å². The maximum atomic E-state index is 6.07. The van der Waals surface area contributed by atoms with Gasteiger partial charge in [-0.15, -0.1) is 0 Å². The molecule has 0 spiro atoms. The van der Waals surface area contributed by atoms with E-state index in [1.54, 1.807) is 0 Å². The predicted molar refractivity (Wildman–Crippen MR) is 79.9 cm³/mol. The third-order valence-corrected chi connectivity index (χ3v) is 3.90. The summed E-state index contributed by atoms with van der Waals surface area (Å²) in [6.45, 7) is 2.15. The number of fused-ring (bicyclic) bond motifs is 1. The number of rotatable bonds is 5. The van der Waals surface area contributed by atoms with Gasteiger partial charge in [-0.2, -0.15) is 0 Å². The van der Waals surface area contributed by atoms with E-state index in [0.717, 1.165) is 30.0 Å². The van der Waals surface area contributed by atoms with Crippen molar-refractivity contribution in [2.45, 2.75) is 31.7 Å². The van der Waals surface area contributed by atoms with Gasteiger partial charge in [0.1, 0.15) is 5.82 Å². The van der Waals surface area contributed by atoms with Gasteiger partial charge in [0.25, 0.3) is 0 Å². The molecule has 0 bridgehead atoms. The quantitative estimate of drug-likeness (QED) is 0.834. The molecule has 3 nitrogen and oxygen atoms in total. The predicted octanol–water partition coefficient (Wildman–Crippen LogP) is 3.52. The van der Waals surface area contributed by atoms with Gasteiger partial charge >= 0.3 is 0 Å². The summed E-state index contributed by atoms with van der Waals surface area (Å²) in [5.74, 6) is 1.93. The van der Waals surface area contributed by atoms with Gasteiger partial charge in [-0.25, -0.2) is 4.98 Å². The molecule has 3 rings (SSSR count). The molecule has 1 aliphatic rings. The SMILES string of the molecule is CN(C)CCCn1c(C2CC2)nc2cc(Cl)ccc21. The number of imidazole rings is 1. The molecule has 1 aliphatic carbocycles. The van der Waals surface area contributed by atoms with Gasteiger partial charge in [0.05, 0.1) is 11.0 Å². The Kier molecular flexibility index (Phi) is 3.50. The Labute approximate surface area is 119 Å². The molecule has 0 saturated heterocycles. The summed E-state index contributed by atoms with van der Waals surface area (Å²) in [7, 11) is 4.24. The number of halogens is 1. The minimum Gasteiger partial charge on any atom is -0.328 e. The topological polar surface area (TPSA) is 21.1 Å². The molecule has 1 aromatic heterocycles. The summed E-state index contributed by atoms with van der Waals surface area (Å²) in [6.07, 6.45) is 3.72. The van der Waals surface area contributed by atoms with Crippen LogP contribution >= 0.6 is 11.6 Å². The normalized spacial score (nSPS) is 15.6. The molecule has 0 amide bonds. The van der Waals surface area contributed by atoms with Crippen molar-refractivity contribution in [1.29, 1.82) is 0 Å². The molecule has 1 saturated carbocycles. The first kappa shape index (κ1) is 12.9. The van der Waals surface area contributed by atoms with Crippen LogP contribution in [0.5, 0.6) is 0 Å². The first-order chi connectivity index (χ1) is 9.15. The van der Waals surface area contributed by atoms with E-state index in [0.29, 0.717) is 5.92 Å². The molecule has 1 fully saturated rings. The zero-order valence-electron chi connectivity index (χ0n) is 11.6. The van der Waals surface area contributed by atoms with Crippen molar-refractivity contribution in [2.24, 2.45) is 0 Å². The summed E-state index contributed by atoms with van der Waals surface area (Å²) < 4.78 is 2.40. The lowest BCUT2D eigenvalue weighted by atomic mass is 10.3. The van der Waals surface area contributed by atoms with E-state index in [1.165, 1.54) is 24.2 Å². The highest BCUT2D eigenvalue weighted by molar-refractivity contribution is 6.31. The van der Waals surface area contributed by atoms with E-state index in [1.807, 2.05) is 12.1 Å². The molecule has 1 aromatic carbocycles. The highest BCUT2D eigenvalue weighted by atomic mass is 35.5. The number of aryl methyl sites for hydroxylation is 1. The van der Waals surface area contributed by atoms with Crippen molar-refractivity contribution < 1.29 is 0 Å². The Balaban J connectivity index is 1.92. The highest BCUT2D eigenvalue weighted by Crippen LogP contribution is 2.41. The number of nitrogens with zero attached hydrogens (tertiary/aromatic N) is 3. The Morgan fingerprint density at radius 2 is 2.16 bits per heavy atom. The molecular weight excluding hydrogens is 258 g/mol. The van der Waals surface area contributed by atoms with Crippen molar-refractivity contribution >= 4 is 22.6 Å². The summed E-state index contributed by atoms with van der Waals surface area (Å²) in [4.78, 5) is 7.03. The monoisotopic (exact) mass is 277 g/mol. The molecule has 2 aromatic rings.